The normalized spacial score (nSPS) is 14.9. The molecule has 1 aliphatic rings. The molecule has 34 heavy (non-hydrogen) atoms. The minimum absolute atomic E-state index is 0.00409. The predicted octanol–water partition coefficient (Wildman–Crippen LogP) is 4.19. The van der Waals surface area contributed by atoms with Gasteiger partial charge in [-0.25, -0.2) is 14.8 Å². The summed E-state index contributed by atoms with van der Waals surface area (Å²) in [6.45, 7) is 6.80. The summed E-state index contributed by atoms with van der Waals surface area (Å²) in [6.07, 6.45) is 1.02. The van der Waals surface area contributed by atoms with Crippen molar-refractivity contribution in [2.45, 2.75) is 45.3 Å². The lowest BCUT2D eigenvalue weighted by atomic mass is 10.1. The Kier molecular flexibility index (Phi) is 6.55. The molecule has 2 aromatic heterocycles. The van der Waals surface area contributed by atoms with Crippen molar-refractivity contribution in [2.24, 2.45) is 5.73 Å². The van der Waals surface area contributed by atoms with E-state index in [0.29, 0.717) is 40.0 Å². The van der Waals surface area contributed by atoms with Crippen LogP contribution in [0.2, 0.25) is 5.02 Å². The van der Waals surface area contributed by atoms with E-state index < -0.39 is 17.6 Å². The maximum absolute atomic E-state index is 12.1. The van der Waals surface area contributed by atoms with Gasteiger partial charge in [-0.3, -0.25) is 4.79 Å². The zero-order valence-corrected chi connectivity index (χ0v) is 20.8. The highest BCUT2D eigenvalue weighted by Gasteiger charge is 2.27. The van der Waals surface area contributed by atoms with E-state index in [1.54, 1.807) is 12.1 Å². The van der Waals surface area contributed by atoms with Gasteiger partial charge in [-0.2, -0.15) is 0 Å². The standard InChI is InChI=1S/C23H27ClN6O3S/c1-23(2,3)33-22(32)27-14-8-10-30(11-9-14)21-28-17(12-4-6-13(24)7-5-12)15-16(25)18(19(26)31)34-20(15)29-21/h4-7,14H,8-11,25H2,1-3H3,(H2,26,31)(H,27,32). The molecule has 0 atom stereocenters. The van der Waals surface area contributed by atoms with Crippen LogP contribution in [0.3, 0.4) is 0 Å². The van der Waals surface area contributed by atoms with Crippen LogP contribution in [0.15, 0.2) is 24.3 Å². The van der Waals surface area contributed by atoms with Crippen molar-refractivity contribution < 1.29 is 14.3 Å². The molecule has 180 valence electrons. The highest BCUT2D eigenvalue weighted by atomic mass is 35.5. The number of amides is 2. The number of primary amides is 1. The van der Waals surface area contributed by atoms with Crippen LogP contribution in [0, 0.1) is 0 Å². The predicted molar refractivity (Wildman–Crippen MR) is 135 cm³/mol. The lowest BCUT2D eigenvalue weighted by Crippen LogP contribution is -2.46. The van der Waals surface area contributed by atoms with Crippen LogP contribution in [-0.4, -0.2) is 46.7 Å². The number of nitrogens with zero attached hydrogens (tertiary/aromatic N) is 3. The third kappa shape index (κ3) is 5.18. The van der Waals surface area contributed by atoms with Crippen molar-refractivity contribution >= 4 is 56.8 Å². The SMILES string of the molecule is CC(C)(C)OC(=O)NC1CCN(c2nc(-c3ccc(Cl)cc3)c3c(N)c(C(N)=O)sc3n2)CC1. The number of piperidine rings is 1. The maximum Gasteiger partial charge on any atom is 0.407 e. The molecule has 0 saturated carbocycles. The lowest BCUT2D eigenvalue weighted by Gasteiger charge is -2.33. The van der Waals surface area contributed by atoms with E-state index in [1.165, 1.54) is 0 Å². The molecule has 3 heterocycles. The van der Waals surface area contributed by atoms with Gasteiger partial charge in [0.15, 0.2) is 0 Å². The second-order valence-electron chi connectivity index (χ2n) is 9.18. The molecule has 1 fully saturated rings. The lowest BCUT2D eigenvalue weighted by molar-refractivity contribution is 0.0497. The molecule has 2 amide bonds. The Hall–Kier alpha value is -3.11. The Morgan fingerprint density at radius 3 is 2.41 bits per heavy atom. The summed E-state index contributed by atoms with van der Waals surface area (Å²) in [5, 5.41) is 4.14. The number of ether oxygens (including phenoxy) is 1. The van der Waals surface area contributed by atoms with Crippen molar-refractivity contribution in [2.75, 3.05) is 23.7 Å². The van der Waals surface area contributed by atoms with Gasteiger partial charge in [0.25, 0.3) is 5.91 Å². The Morgan fingerprint density at radius 2 is 1.82 bits per heavy atom. The van der Waals surface area contributed by atoms with Gasteiger partial charge in [-0.15, -0.1) is 11.3 Å². The van der Waals surface area contributed by atoms with E-state index >= 15 is 0 Å². The number of nitrogens with one attached hydrogen (secondary N) is 1. The van der Waals surface area contributed by atoms with Crippen LogP contribution in [0.25, 0.3) is 21.5 Å². The molecular weight excluding hydrogens is 476 g/mol. The average molecular weight is 503 g/mol. The number of halogens is 1. The molecular formula is C23H27ClN6O3S. The van der Waals surface area contributed by atoms with Gasteiger partial charge < -0.3 is 26.4 Å². The highest BCUT2D eigenvalue weighted by molar-refractivity contribution is 7.21. The molecule has 1 aromatic carbocycles. The fourth-order valence-electron chi connectivity index (χ4n) is 3.85. The van der Waals surface area contributed by atoms with Gasteiger partial charge in [0.05, 0.1) is 16.8 Å². The molecule has 1 aliphatic heterocycles. The summed E-state index contributed by atoms with van der Waals surface area (Å²) in [5.74, 6) is -0.0661. The van der Waals surface area contributed by atoms with Crippen LogP contribution in [0.4, 0.5) is 16.4 Å². The number of aromatic nitrogens is 2. The van der Waals surface area contributed by atoms with Gasteiger partial charge in [0, 0.05) is 29.7 Å². The maximum atomic E-state index is 12.1. The summed E-state index contributed by atoms with van der Waals surface area (Å²) in [4.78, 5) is 36.5. The molecule has 3 aromatic rings. The topological polar surface area (TPSA) is 136 Å². The van der Waals surface area contributed by atoms with E-state index in [4.69, 9.17) is 37.8 Å². The molecule has 4 rings (SSSR count). The van der Waals surface area contributed by atoms with E-state index in [1.807, 2.05) is 32.9 Å². The largest absolute Gasteiger partial charge is 0.444 e. The minimum Gasteiger partial charge on any atom is -0.444 e. The fraction of sp³-hybridized carbons (Fsp3) is 0.391. The Labute approximate surface area is 206 Å². The summed E-state index contributed by atoms with van der Waals surface area (Å²) >= 11 is 7.23. The molecule has 0 radical (unpaired) electrons. The smallest absolute Gasteiger partial charge is 0.407 e. The van der Waals surface area contributed by atoms with Gasteiger partial charge in [-0.05, 0) is 45.7 Å². The second-order valence-corrected chi connectivity index (χ2v) is 10.6. The van der Waals surface area contributed by atoms with Gasteiger partial charge in [-0.1, -0.05) is 23.7 Å². The van der Waals surface area contributed by atoms with Crippen LogP contribution in [0.1, 0.15) is 43.3 Å². The molecule has 9 nitrogen and oxygen atoms in total. The van der Waals surface area contributed by atoms with Gasteiger partial charge in [0.2, 0.25) is 5.95 Å². The Bertz CT molecular complexity index is 1230. The van der Waals surface area contributed by atoms with Crippen LogP contribution >= 0.6 is 22.9 Å². The van der Waals surface area contributed by atoms with Crippen molar-refractivity contribution in [1.29, 1.82) is 0 Å². The first-order chi connectivity index (χ1) is 16.0. The number of carbonyl (C=O) groups excluding carboxylic acids is 2. The first-order valence-corrected chi connectivity index (χ1v) is 12.1. The van der Waals surface area contributed by atoms with Crippen LogP contribution < -0.4 is 21.7 Å². The number of benzene rings is 1. The molecule has 11 heteroatoms. The Morgan fingerprint density at radius 1 is 1.18 bits per heavy atom. The number of carbonyl (C=O) groups is 2. The average Bonchev–Trinajstić information content (AvgIpc) is 3.10. The number of thiophene rings is 1. The summed E-state index contributed by atoms with van der Waals surface area (Å²) in [6, 6.07) is 7.26. The number of rotatable bonds is 4. The summed E-state index contributed by atoms with van der Waals surface area (Å²) in [7, 11) is 0. The first-order valence-electron chi connectivity index (χ1n) is 10.9. The number of hydrogen-bond donors (Lipinski definition) is 3. The zero-order chi connectivity index (χ0) is 24.6. The monoisotopic (exact) mass is 502 g/mol. The number of nitrogens with two attached hydrogens (primary N) is 2. The molecule has 5 N–H and O–H groups in total. The van der Waals surface area contributed by atoms with Crippen molar-refractivity contribution in [3.63, 3.8) is 0 Å². The van der Waals surface area contributed by atoms with Crippen molar-refractivity contribution in [3.8, 4) is 11.3 Å². The summed E-state index contributed by atoms with van der Waals surface area (Å²) < 4.78 is 5.36. The number of alkyl carbamates (subject to hydrolysis) is 1. The summed E-state index contributed by atoms with van der Waals surface area (Å²) in [5.41, 5.74) is 13.0. The quantitative estimate of drug-likeness (QED) is 0.486. The zero-order valence-electron chi connectivity index (χ0n) is 19.2. The van der Waals surface area contributed by atoms with E-state index in [-0.39, 0.29) is 16.6 Å². The van der Waals surface area contributed by atoms with E-state index in [9.17, 15) is 9.59 Å². The first kappa shape index (κ1) is 24.0. The van der Waals surface area contributed by atoms with Gasteiger partial charge >= 0.3 is 6.09 Å². The number of fused-ring (bicyclic) bond motifs is 1. The fourth-order valence-corrected chi connectivity index (χ4v) is 4.92. The minimum atomic E-state index is -0.599. The molecule has 1 saturated heterocycles. The Balaban J connectivity index is 1.62. The van der Waals surface area contributed by atoms with Crippen LogP contribution in [0.5, 0.6) is 0 Å². The van der Waals surface area contributed by atoms with Gasteiger partial charge in [0.1, 0.15) is 15.3 Å². The highest BCUT2D eigenvalue weighted by Crippen LogP contribution is 2.39. The van der Waals surface area contributed by atoms with Crippen molar-refractivity contribution in [3.05, 3.63) is 34.2 Å². The molecule has 0 spiro atoms. The van der Waals surface area contributed by atoms with Crippen molar-refractivity contribution in [1.82, 2.24) is 15.3 Å². The third-order valence-electron chi connectivity index (χ3n) is 5.42. The molecule has 0 aliphatic carbocycles. The third-order valence-corrected chi connectivity index (χ3v) is 6.78. The number of hydrogen-bond acceptors (Lipinski definition) is 8. The van der Waals surface area contributed by atoms with E-state index in [0.717, 1.165) is 29.7 Å². The number of anilines is 2. The molecule has 0 unspecified atom stereocenters. The van der Waals surface area contributed by atoms with E-state index in [2.05, 4.69) is 10.2 Å². The van der Waals surface area contributed by atoms with Crippen LogP contribution in [-0.2, 0) is 4.74 Å². The molecule has 0 bridgehead atoms. The second kappa shape index (κ2) is 9.27. The number of nitrogen functional groups attached to an aromatic ring is 1.